The van der Waals surface area contributed by atoms with Gasteiger partial charge in [-0.15, -0.1) is 0 Å². The van der Waals surface area contributed by atoms with Crippen molar-refractivity contribution in [2.45, 2.75) is 13.2 Å². The lowest BCUT2D eigenvalue weighted by Gasteiger charge is -2.17. The SMILES string of the molecule is COC(CNC(=O)c1ccc(N2C(=O)C(C)CS2(=O)=O)cc1Cl)OC. The molecule has 25 heavy (non-hydrogen) atoms. The Morgan fingerprint density at radius 3 is 2.52 bits per heavy atom. The highest BCUT2D eigenvalue weighted by atomic mass is 35.5. The molecule has 138 valence electrons. The number of benzene rings is 1. The Bertz CT molecular complexity index is 778. The fourth-order valence-corrected chi connectivity index (χ4v) is 4.51. The van der Waals surface area contributed by atoms with E-state index in [1.54, 1.807) is 6.92 Å². The number of ether oxygens (including phenoxy) is 2. The molecule has 2 rings (SSSR count). The van der Waals surface area contributed by atoms with Crippen molar-refractivity contribution in [1.29, 1.82) is 0 Å². The Labute approximate surface area is 151 Å². The van der Waals surface area contributed by atoms with Crippen LogP contribution in [0.4, 0.5) is 5.69 Å². The standard InChI is InChI=1S/C15H19ClN2O6S/c1-9-8-25(21,22)18(15(9)20)10-4-5-11(12(16)6-10)14(19)17-7-13(23-2)24-3/h4-6,9,13H,7-8H2,1-3H3,(H,17,19). The fourth-order valence-electron chi connectivity index (χ4n) is 2.44. The van der Waals surface area contributed by atoms with Gasteiger partial charge in [0.15, 0.2) is 6.29 Å². The van der Waals surface area contributed by atoms with Crippen LogP contribution in [-0.2, 0) is 24.3 Å². The third-order valence-electron chi connectivity index (χ3n) is 3.75. The van der Waals surface area contributed by atoms with Crippen molar-refractivity contribution in [2.75, 3.05) is 30.8 Å². The normalized spacial score (nSPS) is 19.5. The fraction of sp³-hybridized carbons (Fsp3) is 0.467. The van der Waals surface area contributed by atoms with Gasteiger partial charge in [-0.2, -0.15) is 0 Å². The lowest BCUT2D eigenvalue weighted by Crippen LogP contribution is -2.34. The number of carbonyl (C=O) groups excluding carboxylic acids is 2. The van der Waals surface area contributed by atoms with E-state index in [0.29, 0.717) is 0 Å². The second-order valence-electron chi connectivity index (χ2n) is 5.56. The summed E-state index contributed by atoms with van der Waals surface area (Å²) in [6.07, 6.45) is -0.601. The van der Waals surface area contributed by atoms with E-state index in [1.807, 2.05) is 0 Å². The molecular formula is C15H19ClN2O6S. The summed E-state index contributed by atoms with van der Waals surface area (Å²) in [6, 6.07) is 4.03. The number of halogens is 1. The minimum atomic E-state index is -3.73. The first-order valence-electron chi connectivity index (χ1n) is 7.41. The first-order valence-corrected chi connectivity index (χ1v) is 9.40. The quantitative estimate of drug-likeness (QED) is 0.727. The van der Waals surface area contributed by atoms with Crippen LogP contribution in [0.5, 0.6) is 0 Å². The number of hydrogen-bond donors (Lipinski definition) is 1. The molecule has 1 aromatic carbocycles. The van der Waals surface area contributed by atoms with Crippen LogP contribution in [0.25, 0.3) is 0 Å². The van der Waals surface area contributed by atoms with E-state index in [-0.39, 0.29) is 28.6 Å². The summed E-state index contributed by atoms with van der Waals surface area (Å²) in [5.41, 5.74) is 0.260. The molecule has 1 atom stereocenters. The lowest BCUT2D eigenvalue weighted by molar-refractivity contribution is -0.119. The number of amides is 2. The molecule has 8 nitrogen and oxygen atoms in total. The van der Waals surface area contributed by atoms with E-state index < -0.39 is 34.0 Å². The van der Waals surface area contributed by atoms with Crippen LogP contribution in [0.15, 0.2) is 18.2 Å². The zero-order chi connectivity index (χ0) is 18.8. The van der Waals surface area contributed by atoms with Gasteiger partial charge in [0.2, 0.25) is 15.9 Å². The highest BCUT2D eigenvalue weighted by molar-refractivity contribution is 7.94. The van der Waals surface area contributed by atoms with Crippen molar-refractivity contribution in [2.24, 2.45) is 5.92 Å². The zero-order valence-electron chi connectivity index (χ0n) is 14.0. The number of hydrogen-bond acceptors (Lipinski definition) is 6. The van der Waals surface area contributed by atoms with Gasteiger partial charge in [0, 0.05) is 14.2 Å². The molecule has 0 spiro atoms. The molecule has 10 heteroatoms. The Morgan fingerprint density at radius 2 is 2.04 bits per heavy atom. The van der Waals surface area contributed by atoms with Crippen LogP contribution in [0.2, 0.25) is 5.02 Å². The van der Waals surface area contributed by atoms with Gasteiger partial charge in [0.25, 0.3) is 5.91 Å². The number of carbonyl (C=O) groups is 2. The van der Waals surface area contributed by atoms with Gasteiger partial charge >= 0.3 is 0 Å². The molecule has 1 saturated heterocycles. The molecule has 0 bridgehead atoms. The summed E-state index contributed by atoms with van der Waals surface area (Å²) in [5, 5.41) is 2.62. The van der Waals surface area contributed by atoms with Crippen LogP contribution in [-0.4, -0.2) is 53.0 Å². The molecule has 1 unspecified atom stereocenters. The van der Waals surface area contributed by atoms with E-state index in [9.17, 15) is 18.0 Å². The van der Waals surface area contributed by atoms with Crippen LogP contribution in [0, 0.1) is 5.92 Å². The predicted molar refractivity (Wildman–Crippen MR) is 92.0 cm³/mol. The maximum Gasteiger partial charge on any atom is 0.252 e. The molecule has 0 saturated carbocycles. The number of nitrogens with zero attached hydrogens (tertiary/aromatic N) is 1. The monoisotopic (exact) mass is 390 g/mol. The third kappa shape index (κ3) is 4.12. The minimum Gasteiger partial charge on any atom is -0.354 e. The maximum atomic E-state index is 12.2. The molecule has 0 radical (unpaired) electrons. The second kappa shape index (κ2) is 7.69. The van der Waals surface area contributed by atoms with Gasteiger partial charge in [-0.05, 0) is 18.2 Å². The first kappa shape index (κ1) is 19.6. The highest BCUT2D eigenvalue weighted by Crippen LogP contribution is 2.31. The van der Waals surface area contributed by atoms with Gasteiger partial charge < -0.3 is 14.8 Å². The topological polar surface area (TPSA) is 102 Å². The molecule has 0 aromatic heterocycles. The molecule has 0 aliphatic carbocycles. The molecule has 1 aliphatic heterocycles. The average Bonchev–Trinajstić information content (AvgIpc) is 2.75. The van der Waals surface area contributed by atoms with Crippen molar-refractivity contribution >= 4 is 39.1 Å². The summed E-state index contributed by atoms with van der Waals surface area (Å²) >= 11 is 6.11. The molecule has 2 amide bonds. The van der Waals surface area contributed by atoms with E-state index >= 15 is 0 Å². The number of anilines is 1. The molecule has 1 aromatic rings. The van der Waals surface area contributed by atoms with E-state index in [2.05, 4.69) is 5.32 Å². The van der Waals surface area contributed by atoms with Gasteiger partial charge in [-0.3, -0.25) is 9.59 Å². The Kier molecular flexibility index (Phi) is 6.04. The van der Waals surface area contributed by atoms with Crippen LogP contribution in [0.1, 0.15) is 17.3 Å². The molecule has 1 heterocycles. The summed E-state index contributed by atoms with van der Waals surface area (Å²) in [4.78, 5) is 24.3. The van der Waals surface area contributed by atoms with E-state index in [4.69, 9.17) is 21.1 Å². The smallest absolute Gasteiger partial charge is 0.252 e. The van der Waals surface area contributed by atoms with Gasteiger partial charge in [0.1, 0.15) is 0 Å². The zero-order valence-corrected chi connectivity index (χ0v) is 15.6. The Hall–Kier alpha value is -1.68. The number of methoxy groups -OCH3 is 2. The van der Waals surface area contributed by atoms with Crippen molar-refractivity contribution in [3.05, 3.63) is 28.8 Å². The van der Waals surface area contributed by atoms with Crippen molar-refractivity contribution in [1.82, 2.24) is 5.32 Å². The van der Waals surface area contributed by atoms with E-state index in [0.717, 1.165) is 4.31 Å². The van der Waals surface area contributed by atoms with E-state index in [1.165, 1.54) is 32.4 Å². The summed E-state index contributed by atoms with van der Waals surface area (Å²) in [7, 11) is -0.843. The predicted octanol–water partition coefficient (Wildman–Crippen LogP) is 1.00. The largest absolute Gasteiger partial charge is 0.354 e. The minimum absolute atomic E-state index is 0.0314. The second-order valence-corrected chi connectivity index (χ2v) is 7.83. The van der Waals surface area contributed by atoms with Crippen molar-refractivity contribution in [3.8, 4) is 0 Å². The van der Waals surface area contributed by atoms with Gasteiger partial charge in [0.05, 0.1) is 34.5 Å². The molecule has 1 fully saturated rings. The maximum absolute atomic E-state index is 12.2. The number of sulfonamides is 1. The molecule has 1 aliphatic rings. The summed E-state index contributed by atoms with van der Waals surface area (Å²) < 4.78 is 34.9. The van der Waals surface area contributed by atoms with Gasteiger partial charge in [-0.1, -0.05) is 18.5 Å². The van der Waals surface area contributed by atoms with Crippen molar-refractivity contribution < 1.29 is 27.5 Å². The number of nitrogens with one attached hydrogen (secondary N) is 1. The van der Waals surface area contributed by atoms with Crippen LogP contribution < -0.4 is 9.62 Å². The third-order valence-corrected chi connectivity index (χ3v) is 5.93. The lowest BCUT2D eigenvalue weighted by atomic mass is 10.1. The Balaban J connectivity index is 2.21. The van der Waals surface area contributed by atoms with Crippen LogP contribution >= 0.6 is 11.6 Å². The first-order chi connectivity index (χ1) is 11.7. The molecule has 1 N–H and O–H groups in total. The van der Waals surface area contributed by atoms with Gasteiger partial charge in [-0.25, -0.2) is 12.7 Å². The summed E-state index contributed by atoms with van der Waals surface area (Å²) in [6.45, 7) is 1.66. The highest BCUT2D eigenvalue weighted by Gasteiger charge is 2.42. The molecular weight excluding hydrogens is 372 g/mol. The van der Waals surface area contributed by atoms with Crippen molar-refractivity contribution in [3.63, 3.8) is 0 Å². The average molecular weight is 391 g/mol. The Morgan fingerprint density at radius 1 is 1.40 bits per heavy atom. The summed E-state index contributed by atoms with van der Waals surface area (Å²) in [5.74, 6) is -1.86. The van der Waals surface area contributed by atoms with Crippen LogP contribution in [0.3, 0.4) is 0 Å². The number of rotatable bonds is 6.